The first-order valence-electron chi connectivity index (χ1n) is 7.04. The monoisotopic (exact) mass is 263 g/mol. The molecule has 1 atom stereocenters. The van der Waals surface area contributed by atoms with Crippen LogP contribution in [0.5, 0.6) is 5.75 Å². The van der Waals surface area contributed by atoms with Crippen LogP contribution in [0.2, 0.25) is 0 Å². The van der Waals surface area contributed by atoms with Crippen molar-refractivity contribution in [3.8, 4) is 5.75 Å². The molecule has 19 heavy (non-hydrogen) atoms. The highest BCUT2D eigenvalue weighted by atomic mass is 16.5. The molecular formula is C15H25N3O. The molecule has 4 nitrogen and oxygen atoms in total. The number of nitrogens with two attached hydrogens (primary N) is 1. The minimum absolute atomic E-state index is 0.0828. The number of hydrogen-bond donors (Lipinski definition) is 1. The van der Waals surface area contributed by atoms with E-state index < -0.39 is 0 Å². The van der Waals surface area contributed by atoms with E-state index in [1.54, 1.807) is 0 Å². The van der Waals surface area contributed by atoms with E-state index in [0.717, 1.165) is 50.6 Å². The van der Waals surface area contributed by atoms with Crippen LogP contribution in [0.3, 0.4) is 0 Å². The van der Waals surface area contributed by atoms with Gasteiger partial charge in [0.15, 0.2) is 0 Å². The van der Waals surface area contributed by atoms with Crippen molar-refractivity contribution < 1.29 is 4.74 Å². The van der Waals surface area contributed by atoms with Crippen LogP contribution in [0.25, 0.3) is 0 Å². The second-order valence-electron chi connectivity index (χ2n) is 5.35. The van der Waals surface area contributed by atoms with Crippen molar-refractivity contribution in [1.29, 1.82) is 0 Å². The zero-order valence-corrected chi connectivity index (χ0v) is 12.0. The fraction of sp³-hybridized carbons (Fsp3) is 0.600. The van der Waals surface area contributed by atoms with E-state index >= 15 is 0 Å². The normalized spacial score (nSPS) is 19.3. The lowest BCUT2D eigenvalue weighted by Crippen LogP contribution is -2.45. The molecular weight excluding hydrogens is 238 g/mol. The molecule has 1 heterocycles. The first-order chi connectivity index (χ1) is 9.15. The first-order valence-corrected chi connectivity index (χ1v) is 7.04. The summed E-state index contributed by atoms with van der Waals surface area (Å²) < 4.78 is 5.77. The Morgan fingerprint density at radius 3 is 2.37 bits per heavy atom. The molecule has 0 amide bonds. The summed E-state index contributed by atoms with van der Waals surface area (Å²) in [4.78, 5) is 4.82. The van der Waals surface area contributed by atoms with Crippen LogP contribution in [0, 0.1) is 0 Å². The van der Waals surface area contributed by atoms with Crippen molar-refractivity contribution in [2.45, 2.75) is 13.0 Å². The number of rotatable bonds is 5. The minimum Gasteiger partial charge on any atom is -0.492 e. The molecule has 0 aromatic heterocycles. The third kappa shape index (κ3) is 4.49. The van der Waals surface area contributed by atoms with E-state index in [-0.39, 0.29) is 6.04 Å². The molecule has 1 fully saturated rings. The second-order valence-corrected chi connectivity index (χ2v) is 5.35. The lowest BCUT2D eigenvalue weighted by molar-refractivity contribution is 0.133. The van der Waals surface area contributed by atoms with Crippen molar-refractivity contribution in [3.05, 3.63) is 29.8 Å². The number of nitrogens with zero attached hydrogens (tertiary/aromatic N) is 2. The maximum Gasteiger partial charge on any atom is 0.119 e. The fourth-order valence-corrected chi connectivity index (χ4v) is 2.23. The third-order valence-corrected chi connectivity index (χ3v) is 3.68. The van der Waals surface area contributed by atoms with Crippen molar-refractivity contribution in [3.63, 3.8) is 0 Å². The molecule has 1 aliphatic rings. The highest BCUT2D eigenvalue weighted by Crippen LogP contribution is 2.16. The maximum atomic E-state index is 5.82. The van der Waals surface area contributed by atoms with E-state index in [2.05, 4.69) is 16.8 Å². The predicted molar refractivity (Wildman–Crippen MR) is 78.5 cm³/mol. The minimum atomic E-state index is 0.0828. The molecule has 0 aliphatic carbocycles. The number of benzene rings is 1. The Balaban J connectivity index is 1.70. The summed E-state index contributed by atoms with van der Waals surface area (Å²) in [5, 5.41) is 0. The molecule has 106 valence electrons. The van der Waals surface area contributed by atoms with Gasteiger partial charge in [-0.2, -0.15) is 0 Å². The van der Waals surface area contributed by atoms with Crippen LogP contribution in [-0.2, 0) is 0 Å². The van der Waals surface area contributed by atoms with Crippen LogP contribution < -0.4 is 10.5 Å². The Bertz CT molecular complexity index is 369. The molecule has 0 spiro atoms. The van der Waals surface area contributed by atoms with Crippen molar-refractivity contribution in [2.24, 2.45) is 5.73 Å². The summed E-state index contributed by atoms with van der Waals surface area (Å²) in [5.41, 5.74) is 6.97. The van der Waals surface area contributed by atoms with E-state index in [0.29, 0.717) is 0 Å². The largest absolute Gasteiger partial charge is 0.492 e. The average molecular weight is 263 g/mol. The SMILES string of the molecule is CC(N)c1ccc(OCCN2CCN(C)CC2)cc1. The van der Waals surface area contributed by atoms with Gasteiger partial charge in [-0.25, -0.2) is 0 Å². The Kier molecular flexibility index (Phi) is 5.19. The molecule has 0 saturated carbocycles. The van der Waals surface area contributed by atoms with Crippen molar-refractivity contribution >= 4 is 0 Å². The zero-order chi connectivity index (χ0) is 13.7. The van der Waals surface area contributed by atoms with Crippen molar-refractivity contribution in [2.75, 3.05) is 46.4 Å². The van der Waals surface area contributed by atoms with Gasteiger partial charge in [0.05, 0.1) is 0 Å². The first kappa shape index (κ1) is 14.3. The average Bonchev–Trinajstić information content (AvgIpc) is 2.41. The van der Waals surface area contributed by atoms with Gasteiger partial charge in [-0.3, -0.25) is 4.90 Å². The molecule has 0 bridgehead atoms. The van der Waals surface area contributed by atoms with Gasteiger partial charge in [-0.1, -0.05) is 12.1 Å². The Hall–Kier alpha value is -1.10. The molecule has 1 unspecified atom stereocenters. The molecule has 2 rings (SSSR count). The van der Waals surface area contributed by atoms with Gasteiger partial charge in [-0.05, 0) is 31.7 Å². The van der Waals surface area contributed by atoms with Gasteiger partial charge >= 0.3 is 0 Å². The summed E-state index contributed by atoms with van der Waals surface area (Å²) >= 11 is 0. The highest BCUT2D eigenvalue weighted by Gasteiger charge is 2.13. The number of ether oxygens (including phenoxy) is 1. The lowest BCUT2D eigenvalue weighted by atomic mass is 10.1. The highest BCUT2D eigenvalue weighted by molar-refractivity contribution is 5.28. The Labute approximate surface area is 116 Å². The van der Waals surface area contributed by atoms with Gasteiger partial charge in [0, 0.05) is 38.8 Å². The van der Waals surface area contributed by atoms with E-state index in [4.69, 9.17) is 10.5 Å². The quantitative estimate of drug-likeness (QED) is 0.870. The van der Waals surface area contributed by atoms with Crippen LogP contribution in [0.1, 0.15) is 18.5 Å². The summed E-state index contributed by atoms with van der Waals surface area (Å²) in [6.45, 7) is 8.34. The van der Waals surface area contributed by atoms with Crippen molar-refractivity contribution in [1.82, 2.24) is 9.80 Å². The van der Waals surface area contributed by atoms with Gasteiger partial charge in [0.2, 0.25) is 0 Å². The van der Waals surface area contributed by atoms with Gasteiger partial charge < -0.3 is 15.4 Å². The zero-order valence-electron chi connectivity index (χ0n) is 12.0. The standard InChI is InChI=1S/C15H25N3O/c1-13(16)14-3-5-15(6-4-14)19-12-11-18-9-7-17(2)8-10-18/h3-6,13H,7-12,16H2,1-2H3. The molecule has 1 aromatic rings. The summed E-state index contributed by atoms with van der Waals surface area (Å²) in [5.74, 6) is 0.929. The Morgan fingerprint density at radius 2 is 1.79 bits per heavy atom. The Morgan fingerprint density at radius 1 is 1.16 bits per heavy atom. The number of likely N-dealkylation sites (N-methyl/N-ethyl adjacent to an activating group) is 1. The summed E-state index contributed by atoms with van der Waals surface area (Å²) in [7, 11) is 2.17. The van der Waals surface area contributed by atoms with Gasteiger partial charge in [-0.15, -0.1) is 0 Å². The second kappa shape index (κ2) is 6.89. The maximum absolute atomic E-state index is 5.82. The van der Waals surface area contributed by atoms with Crippen LogP contribution >= 0.6 is 0 Å². The molecule has 0 radical (unpaired) electrons. The van der Waals surface area contributed by atoms with Crippen LogP contribution in [0.15, 0.2) is 24.3 Å². The van der Waals surface area contributed by atoms with Gasteiger partial charge in [0.1, 0.15) is 12.4 Å². The van der Waals surface area contributed by atoms with Crippen LogP contribution in [0.4, 0.5) is 0 Å². The van der Waals surface area contributed by atoms with Gasteiger partial charge in [0.25, 0.3) is 0 Å². The number of piperazine rings is 1. The number of hydrogen-bond acceptors (Lipinski definition) is 4. The molecule has 1 aromatic carbocycles. The van der Waals surface area contributed by atoms with E-state index in [1.807, 2.05) is 31.2 Å². The van der Waals surface area contributed by atoms with E-state index in [1.165, 1.54) is 0 Å². The summed E-state index contributed by atoms with van der Waals surface area (Å²) in [6, 6.07) is 8.16. The predicted octanol–water partition coefficient (Wildman–Crippen LogP) is 1.33. The lowest BCUT2D eigenvalue weighted by Gasteiger charge is -2.32. The fourth-order valence-electron chi connectivity index (χ4n) is 2.23. The molecule has 2 N–H and O–H groups in total. The molecule has 4 heteroatoms. The smallest absolute Gasteiger partial charge is 0.119 e. The molecule has 1 saturated heterocycles. The topological polar surface area (TPSA) is 41.7 Å². The molecule has 1 aliphatic heterocycles. The third-order valence-electron chi connectivity index (χ3n) is 3.68. The summed E-state index contributed by atoms with van der Waals surface area (Å²) in [6.07, 6.45) is 0. The van der Waals surface area contributed by atoms with Crippen LogP contribution in [-0.4, -0.2) is 56.2 Å². The van der Waals surface area contributed by atoms with E-state index in [9.17, 15) is 0 Å².